The molecule has 1 aliphatic heterocycles. The van der Waals surface area contributed by atoms with Crippen LogP contribution in [-0.2, 0) is 10.0 Å². The van der Waals surface area contributed by atoms with Gasteiger partial charge in [-0.1, -0.05) is 47.5 Å². The Kier molecular flexibility index (Phi) is 5.40. The van der Waals surface area contributed by atoms with E-state index in [0.717, 1.165) is 11.1 Å². The van der Waals surface area contributed by atoms with Gasteiger partial charge in [0.05, 0.1) is 10.6 Å². The molecule has 0 bridgehead atoms. The molecular weight excluding hydrogens is 402 g/mol. The number of anilines is 1. The maximum Gasteiger partial charge on any atom is 0.261 e. The van der Waals surface area contributed by atoms with Gasteiger partial charge in [0.2, 0.25) is 0 Å². The molecule has 0 amide bonds. The highest BCUT2D eigenvalue weighted by molar-refractivity contribution is 7.92. The molecule has 0 aliphatic carbocycles. The second kappa shape index (κ2) is 8.01. The van der Waals surface area contributed by atoms with Crippen LogP contribution in [0.5, 0.6) is 11.5 Å². The molecule has 0 saturated carbocycles. The molecule has 3 aromatic carbocycles. The quantitative estimate of drug-likeness (QED) is 0.646. The third-order valence-electron chi connectivity index (χ3n) is 4.98. The van der Waals surface area contributed by atoms with Gasteiger partial charge in [-0.15, -0.1) is 0 Å². The number of ether oxygens (including phenoxy) is 2. The molecule has 0 fully saturated rings. The molecule has 30 heavy (non-hydrogen) atoms. The molecule has 0 saturated heterocycles. The minimum absolute atomic E-state index is 0.138. The number of aliphatic hydroxyl groups excluding tert-OH is 1. The lowest BCUT2D eigenvalue weighted by Crippen LogP contribution is -2.19. The van der Waals surface area contributed by atoms with Gasteiger partial charge in [0.15, 0.2) is 11.5 Å². The molecule has 0 aromatic heterocycles. The van der Waals surface area contributed by atoms with Gasteiger partial charge < -0.3 is 14.6 Å². The van der Waals surface area contributed by atoms with E-state index < -0.39 is 16.1 Å². The third kappa shape index (κ3) is 4.13. The number of hydrogen-bond acceptors (Lipinski definition) is 5. The van der Waals surface area contributed by atoms with Gasteiger partial charge in [0, 0.05) is 11.6 Å². The van der Waals surface area contributed by atoms with E-state index in [1.807, 2.05) is 38.1 Å². The summed E-state index contributed by atoms with van der Waals surface area (Å²) in [6, 6.07) is 17.2. The maximum absolute atomic E-state index is 13.0. The van der Waals surface area contributed by atoms with Crippen molar-refractivity contribution >= 4 is 15.7 Å². The Hall–Kier alpha value is -3.03. The van der Waals surface area contributed by atoms with Gasteiger partial charge >= 0.3 is 0 Å². The zero-order valence-corrected chi connectivity index (χ0v) is 17.6. The van der Waals surface area contributed by atoms with Crippen molar-refractivity contribution in [3.63, 3.8) is 0 Å². The fraction of sp³-hybridized carbons (Fsp3) is 0.217. The fourth-order valence-electron chi connectivity index (χ4n) is 3.27. The topological polar surface area (TPSA) is 84.9 Å². The lowest BCUT2D eigenvalue weighted by Gasteiger charge is -2.24. The molecule has 0 unspecified atom stereocenters. The lowest BCUT2D eigenvalue weighted by molar-refractivity contribution is 0.170. The van der Waals surface area contributed by atoms with Crippen molar-refractivity contribution in [1.29, 1.82) is 0 Å². The smallest absolute Gasteiger partial charge is 0.261 e. The Labute approximate surface area is 176 Å². The standard InChI is InChI=1S/C23H23NO5S/c1-15-3-7-17(8-4-15)23(25)19-13-21-22(29-12-11-28-21)14-20(19)24-30(26,27)18-9-5-16(2)6-10-18/h3-10,13-14,23-25H,11-12H2,1-2H3/t23-/m0/s1. The first-order valence-corrected chi connectivity index (χ1v) is 11.1. The first-order valence-electron chi connectivity index (χ1n) is 9.61. The SMILES string of the molecule is Cc1ccc([C@H](O)c2cc3c(cc2NS(=O)(=O)c2ccc(C)cc2)OCCO3)cc1. The summed E-state index contributed by atoms with van der Waals surface area (Å²) in [4.78, 5) is 0.138. The summed E-state index contributed by atoms with van der Waals surface area (Å²) >= 11 is 0. The van der Waals surface area contributed by atoms with Gasteiger partial charge in [-0.25, -0.2) is 8.42 Å². The minimum Gasteiger partial charge on any atom is -0.486 e. The molecule has 1 aliphatic rings. The number of hydrogen-bond donors (Lipinski definition) is 2. The summed E-state index contributed by atoms with van der Waals surface area (Å²) in [6.07, 6.45) is -1.04. The molecule has 7 heteroatoms. The summed E-state index contributed by atoms with van der Waals surface area (Å²) in [5.74, 6) is 0.906. The summed E-state index contributed by atoms with van der Waals surface area (Å²) < 4.78 is 39.8. The van der Waals surface area contributed by atoms with Crippen LogP contribution in [-0.4, -0.2) is 26.7 Å². The first kappa shape index (κ1) is 20.3. The Morgan fingerprint density at radius 2 is 1.40 bits per heavy atom. The van der Waals surface area contributed by atoms with Crippen LogP contribution in [0.2, 0.25) is 0 Å². The number of aliphatic hydroxyl groups is 1. The monoisotopic (exact) mass is 425 g/mol. The molecule has 2 N–H and O–H groups in total. The van der Waals surface area contributed by atoms with Crippen molar-refractivity contribution in [3.8, 4) is 11.5 Å². The van der Waals surface area contributed by atoms with E-state index in [-0.39, 0.29) is 10.6 Å². The highest BCUT2D eigenvalue weighted by Crippen LogP contribution is 2.40. The maximum atomic E-state index is 13.0. The van der Waals surface area contributed by atoms with E-state index in [1.165, 1.54) is 0 Å². The molecule has 6 nitrogen and oxygen atoms in total. The van der Waals surface area contributed by atoms with E-state index in [9.17, 15) is 13.5 Å². The molecule has 4 rings (SSSR count). The van der Waals surface area contributed by atoms with E-state index in [1.54, 1.807) is 36.4 Å². The van der Waals surface area contributed by atoms with Gasteiger partial charge in [-0.05, 0) is 37.6 Å². The molecule has 1 atom stereocenters. The molecule has 0 spiro atoms. The van der Waals surface area contributed by atoms with E-state index in [0.29, 0.717) is 35.8 Å². The Bertz CT molecular complexity index is 1160. The number of benzene rings is 3. The van der Waals surface area contributed by atoms with Crippen molar-refractivity contribution in [2.75, 3.05) is 17.9 Å². The number of rotatable bonds is 5. The van der Waals surface area contributed by atoms with Crippen molar-refractivity contribution in [2.24, 2.45) is 0 Å². The van der Waals surface area contributed by atoms with Crippen LogP contribution in [0.1, 0.15) is 28.4 Å². The van der Waals surface area contributed by atoms with Gasteiger partial charge in [0.25, 0.3) is 10.0 Å². The highest BCUT2D eigenvalue weighted by Gasteiger charge is 2.24. The Balaban J connectivity index is 1.77. The molecule has 0 radical (unpaired) electrons. The number of nitrogens with one attached hydrogen (secondary N) is 1. The summed E-state index contributed by atoms with van der Waals surface area (Å²) in [5, 5.41) is 11.0. The summed E-state index contributed by atoms with van der Waals surface area (Å²) in [7, 11) is -3.86. The van der Waals surface area contributed by atoms with Crippen molar-refractivity contribution in [1.82, 2.24) is 0 Å². The lowest BCUT2D eigenvalue weighted by atomic mass is 9.98. The third-order valence-corrected chi connectivity index (χ3v) is 6.36. The second-order valence-electron chi connectivity index (χ2n) is 7.31. The largest absolute Gasteiger partial charge is 0.486 e. The Morgan fingerprint density at radius 1 is 0.867 bits per heavy atom. The average molecular weight is 426 g/mol. The van der Waals surface area contributed by atoms with E-state index in [4.69, 9.17) is 9.47 Å². The first-order chi connectivity index (χ1) is 14.3. The number of fused-ring (bicyclic) bond motifs is 1. The van der Waals surface area contributed by atoms with Gasteiger partial charge in [-0.2, -0.15) is 0 Å². The van der Waals surface area contributed by atoms with Crippen molar-refractivity contribution in [2.45, 2.75) is 24.8 Å². The normalized spacial score (nSPS) is 14.2. The van der Waals surface area contributed by atoms with Crippen LogP contribution in [0.4, 0.5) is 5.69 Å². The molecular formula is C23H23NO5S. The Morgan fingerprint density at radius 3 is 2.00 bits per heavy atom. The van der Waals surface area contributed by atoms with E-state index in [2.05, 4.69) is 4.72 Å². The minimum atomic E-state index is -3.86. The van der Waals surface area contributed by atoms with Crippen LogP contribution in [0, 0.1) is 13.8 Å². The van der Waals surface area contributed by atoms with Crippen LogP contribution in [0.25, 0.3) is 0 Å². The van der Waals surface area contributed by atoms with Crippen molar-refractivity contribution < 1.29 is 23.0 Å². The fourth-order valence-corrected chi connectivity index (χ4v) is 4.35. The van der Waals surface area contributed by atoms with Crippen LogP contribution >= 0.6 is 0 Å². The number of aryl methyl sites for hydroxylation is 2. The zero-order chi connectivity index (χ0) is 21.3. The van der Waals surface area contributed by atoms with Crippen molar-refractivity contribution in [3.05, 3.63) is 82.9 Å². The highest BCUT2D eigenvalue weighted by atomic mass is 32.2. The van der Waals surface area contributed by atoms with Crippen LogP contribution < -0.4 is 14.2 Å². The predicted octanol–water partition coefficient (Wildman–Crippen LogP) is 3.96. The summed E-state index contributed by atoms with van der Waals surface area (Å²) in [6.45, 7) is 4.61. The van der Waals surface area contributed by atoms with E-state index >= 15 is 0 Å². The van der Waals surface area contributed by atoms with Crippen LogP contribution in [0.15, 0.2) is 65.6 Å². The van der Waals surface area contributed by atoms with Crippen LogP contribution in [0.3, 0.4) is 0 Å². The number of sulfonamides is 1. The van der Waals surface area contributed by atoms with Gasteiger partial charge in [0.1, 0.15) is 19.3 Å². The molecule has 1 heterocycles. The zero-order valence-electron chi connectivity index (χ0n) is 16.8. The van der Waals surface area contributed by atoms with Gasteiger partial charge in [-0.3, -0.25) is 4.72 Å². The average Bonchev–Trinajstić information content (AvgIpc) is 2.73. The molecule has 3 aromatic rings. The second-order valence-corrected chi connectivity index (χ2v) is 9.00. The molecule has 156 valence electrons. The summed E-state index contributed by atoms with van der Waals surface area (Å²) in [5.41, 5.74) is 3.30. The predicted molar refractivity (Wildman–Crippen MR) is 115 cm³/mol.